The molecule has 1 N–H and O–H groups in total. The van der Waals surface area contributed by atoms with Gasteiger partial charge in [0.25, 0.3) is 0 Å². The minimum Gasteiger partial charge on any atom is -0.278 e. The van der Waals surface area contributed by atoms with Crippen LogP contribution >= 0.6 is 21.0 Å². The van der Waals surface area contributed by atoms with Gasteiger partial charge in [-0.2, -0.15) is 0 Å². The van der Waals surface area contributed by atoms with Crippen molar-refractivity contribution in [2.45, 2.75) is 23.2 Å². The molecule has 0 unspecified atom stereocenters. The molecule has 1 aliphatic rings. The van der Waals surface area contributed by atoms with Crippen LogP contribution in [0.2, 0.25) is 0 Å². The Kier molecular flexibility index (Phi) is 1.56. The highest BCUT2D eigenvalue weighted by molar-refractivity contribution is 14.1. The standard InChI is InChI=1S/C4H8IN/c6-5-4-2-1-3-4/h4,6H,1-3H2. The maximum absolute atomic E-state index is 6.97. The quantitative estimate of drug-likeness (QED) is 0.492. The SMILES string of the molecule is N=IC1CCC1. The first-order valence-corrected chi connectivity index (χ1v) is 4.55. The monoisotopic (exact) mass is 197 g/mol. The van der Waals surface area contributed by atoms with Crippen LogP contribution in [-0.2, 0) is 0 Å². The van der Waals surface area contributed by atoms with Gasteiger partial charge in [0.2, 0.25) is 0 Å². The van der Waals surface area contributed by atoms with Crippen LogP contribution in [0, 0.1) is 3.56 Å². The maximum Gasteiger partial charge on any atom is 0.0224 e. The molecule has 0 bridgehead atoms. The van der Waals surface area contributed by atoms with E-state index in [-0.39, 0.29) is 21.0 Å². The minimum absolute atomic E-state index is 0.119. The molecule has 2 heteroatoms. The van der Waals surface area contributed by atoms with Crippen molar-refractivity contribution < 1.29 is 0 Å². The van der Waals surface area contributed by atoms with Crippen molar-refractivity contribution in [3.63, 3.8) is 0 Å². The first kappa shape index (κ1) is 4.68. The topological polar surface area (TPSA) is 23.9 Å². The summed E-state index contributed by atoms with van der Waals surface area (Å²) in [6.07, 6.45) is 4.15. The van der Waals surface area contributed by atoms with E-state index in [1.807, 2.05) is 0 Å². The average molecular weight is 197 g/mol. The smallest absolute Gasteiger partial charge is 0.0224 e. The summed E-state index contributed by atoms with van der Waals surface area (Å²) in [5.41, 5.74) is 0. The molecule has 0 saturated heterocycles. The summed E-state index contributed by atoms with van der Waals surface area (Å²) >= 11 is -0.119. The van der Waals surface area contributed by atoms with Gasteiger partial charge in [0.15, 0.2) is 0 Å². The van der Waals surface area contributed by atoms with Crippen LogP contribution in [0.25, 0.3) is 0 Å². The fraction of sp³-hybridized carbons (Fsp3) is 1.00. The molecule has 1 saturated carbocycles. The van der Waals surface area contributed by atoms with Crippen molar-refractivity contribution >= 4 is 21.0 Å². The van der Waals surface area contributed by atoms with Crippen LogP contribution in [0.15, 0.2) is 0 Å². The lowest BCUT2D eigenvalue weighted by atomic mass is 10.0. The third kappa shape index (κ3) is 0.776. The van der Waals surface area contributed by atoms with Gasteiger partial charge in [-0.05, 0) is 33.9 Å². The van der Waals surface area contributed by atoms with E-state index in [9.17, 15) is 0 Å². The van der Waals surface area contributed by atoms with Gasteiger partial charge in [-0.15, -0.1) is 0 Å². The van der Waals surface area contributed by atoms with Gasteiger partial charge in [-0.3, -0.25) is 3.56 Å². The summed E-state index contributed by atoms with van der Waals surface area (Å²) in [5.74, 6) is 0. The summed E-state index contributed by atoms with van der Waals surface area (Å²) in [5, 5.41) is 0. The largest absolute Gasteiger partial charge is 0.278 e. The second-order valence-corrected chi connectivity index (χ2v) is 4.02. The average Bonchev–Trinajstić information content (AvgIpc) is 1.31. The van der Waals surface area contributed by atoms with Gasteiger partial charge < -0.3 is 0 Å². The van der Waals surface area contributed by atoms with Crippen molar-refractivity contribution in [3.8, 4) is 0 Å². The number of halogens is 1. The van der Waals surface area contributed by atoms with Gasteiger partial charge in [0, 0.05) is 3.92 Å². The summed E-state index contributed by atoms with van der Waals surface area (Å²) in [7, 11) is 0. The molecule has 1 aliphatic carbocycles. The molecule has 0 aromatic rings. The highest BCUT2D eigenvalue weighted by atomic mass is 127. The number of alkyl halides is 1. The third-order valence-corrected chi connectivity index (χ3v) is 3.32. The predicted octanol–water partition coefficient (Wildman–Crippen LogP) is 2.27. The minimum atomic E-state index is -0.119. The van der Waals surface area contributed by atoms with Crippen molar-refractivity contribution in [1.82, 2.24) is 0 Å². The number of rotatable bonds is 1. The molecule has 0 radical (unpaired) electrons. The lowest BCUT2D eigenvalue weighted by Gasteiger charge is -2.18. The molecule has 0 aromatic carbocycles. The Labute approximate surface area is 48.1 Å². The van der Waals surface area contributed by atoms with Gasteiger partial charge in [-0.1, -0.05) is 6.42 Å². The summed E-state index contributed by atoms with van der Waals surface area (Å²) < 4.78 is 7.86. The molecular formula is C4H8IN. The van der Waals surface area contributed by atoms with E-state index in [4.69, 9.17) is 3.56 Å². The molecule has 0 aromatic heterocycles. The van der Waals surface area contributed by atoms with Crippen LogP contribution in [0.3, 0.4) is 0 Å². The number of hydrogen-bond acceptors (Lipinski definition) is 1. The number of hydrogen-bond donors (Lipinski definition) is 1. The van der Waals surface area contributed by atoms with Crippen molar-refractivity contribution in [2.75, 3.05) is 0 Å². The highest BCUT2D eigenvalue weighted by Gasteiger charge is 2.13. The molecule has 0 amide bonds. The van der Waals surface area contributed by atoms with E-state index < -0.39 is 0 Å². The molecule has 1 rings (SSSR count). The molecule has 1 nitrogen and oxygen atoms in total. The zero-order valence-electron chi connectivity index (χ0n) is 3.58. The van der Waals surface area contributed by atoms with Crippen molar-refractivity contribution in [1.29, 1.82) is 3.56 Å². The zero-order valence-corrected chi connectivity index (χ0v) is 5.73. The van der Waals surface area contributed by atoms with Gasteiger partial charge in [-0.25, -0.2) is 0 Å². The van der Waals surface area contributed by atoms with Crippen LogP contribution in [-0.4, -0.2) is 3.92 Å². The van der Waals surface area contributed by atoms with E-state index in [1.54, 1.807) is 0 Å². The van der Waals surface area contributed by atoms with Crippen LogP contribution in [0.5, 0.6) is 0 Å². The summed E-state index contributed by atoms with van der Waals surface area (Å²) in [6, 6.07) is 0. The molecule has 1 fully saturated rings. The normalized spacial score (nSPS) is 23.3. The molecular weight excluding hydrogens is 189 g/mol. The Morgan fingerprint density at radius 2 is 2.17 bits per heavy atom. The van der Waals surface area contributed by atoms with Crippen molar-refractivity contribution in [2.24, 2.45) is 0 Å². The van der Waals surface area contributed by atoms with E-state index in [2.05, 4.69) is 0 Å². The van der Waals surface area contributed by atoms with Gasteiger partial charge in [0.05, 0.1) is 0 Å². The predicted molar refractivity (Wildman–Crippen MR) is 34.4 cm³/mol. The fourth-order valence-electron chi connectivity index (χ4n) is 0.468. The number of nitrogens with one attached hydrogen (secondary N) is 1. The van der Waals surface area contributed by atoms with E-state index >= 15 is 0 Å². The zero-order chi connectivity index (χ0) is 4.41. The molecule has 0 heterocycles. The third-order valence-electron chi connectivity index (χ3n) is 1.19. The second kappa shape index (κ2) is 2.00. The maximum atomic E-state index is 6.97. The summed E-state index contributed by atoms with van der Waals surface area (Å²) in [4.78, 5) is 0. The lowest BCUT2D eigenvalue weighted by Crippen LogP contribution is -2.08. The lowest BCUT2D eigenvalue weighted by molar-refractivity contribution is 0.540. The summed E-state index contributed by atoms with van der Waals surface area (Å²) in [6.45, 7) is 0. The first-order valence-electron chi connectivity index (χ1n) is 2.22. The Hall–Kier alpha value is 0.530. The Morgan fingerprint density at radius 3 is 2.17 bits per heavy atom. The molecule has 36 valence electrons. The molecule has 0 spiro atoms. The Morgan fingerprint density at radius 1 is 1.50 bits per heavy atom. The molecule has 0 aliphatic heterocycles. The molecule has 6 heavy (non-hydrogen) atoms. The highest BCUT2D eigenvalue weighted by Crippen LogP contribution is 2.29. The van der Waals surface area contributed by atoms with E-state index in [1.165, 1.54) is 19.3 Å². The van der Waals surface area contributed by atoms with E-state index in [0.717, 1.165) is 3.92 Å². The molecule has 0 atom stereocenters. The van der Waals surface area contributed by atoms with Gasteiger partial charge in [0.1, 0.15) is 0 Å². The van der Waals surface area contributed by atoms with Crippen LogP contribution in [0.1, 0.15) is 19.3 Å². The van der Waals surface area contributed by atoms with Crippen LogP contribution in [0.4, 0.5) is 0 Å². The van der Waals surface area contributed by atoms with Crippen LogP contribution < -0.4 is 0 Å². The van der Waals surface area contributed by atoms with Gasteiger partial charge >= 0.3 is 0 Å². The Bertz CT molecular complexity index is 58.6. The first-order chi connectivity index (χ1) is 2.93. The van der Waals surface area contributed by atoms with E-state index in [0.29, 0.717) is 0 Å². The second-order valence-electron chi connectivity index (χ2n) is 1.64. The van der Waals surface area contributed by atoms with Crippen molar-refractivity contribution in [3.05, 3.63) is 0 Å². The Balaban J connectivity index is 2.16. The fourth-order valence-corrected chi connectivity index (χ4v) is 1.97.